The molecule has 0 spiro atoms. The smallest absolute Gasteiger partial charge is 0.262 e. The van der Waals surface area contributed by atoms with Crippen LogP contribution in [-0.4, -0.2) is 13.7 Å². The Balaban J connectivity index is 2.32. The average molecular weight is 358 g/mol. The van der Waals surface area contributed by atoms with Crippen molar-refractivity contribution in [3.63, 3.8) is 0 Å². The largest absolute Gasteiger partial charge is 0.277 e. The molecule has 1 N–H and O–H groups in total. The zero-order chi connectivity index (χ0) is 17.0. The summed E-state index contributed by atoms with van der Waals surface area (Å²) in [5.74, 6) is -1.85. The Kier molecular flexibility index (Phi) is 5.12. The van der Waals surface area contributed by atoms with Crippen molar-refractivity contribution in [1.82, 2.24) is 0 Å². The lowest BCUT2D eigenvalue weighted by Gasteiger charge is -2.09. The Bertz CT molecular complexity index is 882. The molecule has 0 heterocycles. The van der Waals surface area contributed by atoms with E-state index >= 15 is 0 Å². The maximum Gasteiger partial charge on any atom is 0.262 e. The standard InChI is InChI=1S/C15H10ClF2NO3S/c16-15(20)7-4-10-2-1-3-12(8-10)23(21,22)19-14-6-5-11(17)9-13(14)18/h1-9,19H. The Labute approximate surface area is 136 Å². The molecule has 0 saturated carbocycles. The third-order valence-electron chi connectivity index (χ3n) is 2.75. The van der Waals surface area contributed by atoms with E-state index in [4.69, 9.17) is 11.6 Å². The van der Waals surface area contributed by atoms with Crippen LogP contribution in [0, 0.1) is 11.6 Å². The number of rotatable bonds is 5. The molecule has 2 aromatic carbocycles. The Hall–Kier alpha value is -2.25. The topological polar surface area (TPSA) is 63.2 Å². The summed E-state index contributed by atoms with van der Waals surface area (Å²) in [6.07, 6.45) is 2.41. The minimum Gasteiger partial charge on any atom is -0.277 e. The van der Waals surface area contributed by atoms with E-state index in [1.54, 1.807) is 6.07 Å². The van der Waals surface area contributed by atoms with Crippen molar-refractivity contribution in [2.45, 2.75) is 4.90 Å². The van der Waals surface area contributed by atoms with Gasteiger partial charge in [-0.25, -0.2) is 17.2 Å². The Morgan fingerprint density at radius 1 is 1.13 bits per heavy atom. The molecule has 0 unspecified atom stereocenters. The van der Waals surface area contributed by atoms with Gasteiger partial charge in [0.25, 0.3) is 10.0 Å². The minimum atomic E-state index is -4.07. The molecular weight excluding hydrogens is 348 g/mol. The van der Waals surface area contributed by atoms with E-state index in [1.165, 1.54) is 24.3 Å². The van der Waals surface area contributed by atoms with Crippen molar-refractivity contribution in [3.8, 4) is 0 Å². The highest BCUT2D eigenvalue weighted by molar-refractivity contribution is 7.92. The summed E-state index contributed by atoms with van der Waals surface area (Å²) in [5, 5.41) is -0.704. The first-order valence-electron chi connectivity index (χ1n) is 6.23. The first-order valence-corrected chi connectivity index (χ1v) is 8.09. The highest BCUT2D eigenvalue weighted by atomic mass is 35.5. The van der Waals surface area contributed by atoms with E-state index in [0.29, 0.717) is 11.6 Å². The van der Waals surface area contributed by atoms with E-state index < -0.39 is 26.9 Å². The van der Waals surface area contributed by atoms with Gasteiger partial charge in [0.05, 0.1) is 10.6 Å². The summed E-state index contributed by atoms with van der Waals surface area (Å²) < 4.78 is 52.9. The van der Waals surface area contributed by atoms with Crippen molar-refractivity contribution in [3.05, 3.63) is 65.7 Å². The molecule has 0 saturated heterocycles. The number of allylic oxidation sites excluding steroid dienone is 1. The molecule has 0 aromatic heterocycles. The van der Waals surface area contributed by atoms with E-state index in [0.717, 1.165) is 18.2 Å². The number of anilines is 1. The van der Waals surface area contributed by atoms with Gasteiger partial charge in [-0.3, -0.25) is 9.52 Å². The maximum atomic E-state index is 13.6. The van der Waals surface area contributed by atoms with Crippen molar-refractivity contribution in [2.75, 3.05) is 4.72 Å². The molecule has 0 aliphatic heterocycles. The number of benzene rings is 2. The van der Waals surface area contributed by atoms with Gasteiger partial charge in [0.2, 0.25) is 5.24 Å². The fourth-order valence-corrected chi connectivity index (χ4v) is 2.91. The molecule has 0 aliphatic rings. The van der Waals surface area contributed by atoms with Gasteiger partial charge in [-0.2, -0.15) is 0 Å². The number of carbonyl (C=O) groups is 1. The van der Waals surface area contributed by atoms with Gasteiger partial charge in [-0.05, 0) is 47.5 Å². The van der Waals surface area contributed by atoms with Gasteiger partial charge in [-0.1, -0.05) is 18.2 Å². The van der Waals surface area contributed by atoms with E-state index in [1.807, 2.05) is 4.72 Å². The van der Waals surface area contributed by atoms with Gasteiger partial charge in [0.1, 0.15) is 11.6 Å². The molecule has 4 nitrogen and oxygen atoms in total. The SMILES string of the molecule is O=C(Cl)C=Cc1cccc(S(=O)(=O)Nc2ccc(F)cc2F)c1. The lowest BCUT2D eigenvalue weighted by Crippen LogP contribution is -2.14. The molecule has 0 radical (unpaired) electrons. The summed E-state index contributed by atoms with van der Waals surface area (Å²) in [6, 6.07) is 8.08. The zero-order valence-corrected chi connectivity index (χ0v) is 13.0. The number of sulfonamides is 1. The molecule has 120 valence electrons. The average Bonchev–Trinajstić information content (AvgIpc) is 2.48. The fraction of sp³-hybridized carbons (Fsp3) is 0. The van der Waals surface area contributed by atoms with Crippen LogP contribution in [0.1, 0.15) is 5.56 Å². The summed E-state index contributed by atoms with van der Waals surface area (Å²) in [4.78, 5) is 10.5. The van der Waals surface area contributed by atoms with E-state index in [2.05, 4.69) is 0 Å². The third kappa shape index (κ3) is 4.61. The second kappa shape index (κ2) is 6.89. The van der Waals surface area contributed by atoms with Crippen molar-refractivity contribution in [1.29, 1.82) is 0 Å². The lowest BCUT2D eigenvalue weighted by atomic mass is 10.2. The van der Waals surface area contributed by atoms with Crippen LogP contribution in [0.5, 0.6) is 0 Å². The van der Waals surface area contributed by atoms with Gasteiger partial charge in [-0.15, -0.1) is 0 Å². The highest BCUT2D eigenvalue weighted by Gasteiger charge is 2.16. The predicted molar refractivity (Wildman–Crippen MR) is 83.5 cm³/mol. The zero-order valence-electron chi connectivity index (χ0n) is 11.5. The monoisotopic (exact) mass is 357 g/mol. The number of halogens is 3. The Morgan fingerprint density at radius 2 is 1.87 bits per heavy atom. The maximum absolute atomic E-state index is 13.6. The molecule has 0 bridgehead atoms. The van der Waals surface area contributed by atoms with Crippen molar-refractivity contribution < 1.29 is 22.0 Å². The normalized spacial score (nSPS) is 11.6. The third-order valence-corrected chi connectivity index (χ3v) is 4.24. The van der Waals surface area contributed by atoms with Crippen LogP contribution in [0.2, 0.25) is 0 Å². The van der Waals surface area contributed by atoms with Gasteiger partial charge < -0.3 is 0 Å². The van der Waals surface area contributed by atoms with Crippen molar-refractivity contribution in [2.24, 2.45) is 0 Å². The summed E-state index contributed by atoms with van der Waals surface area (Å²) in [7, 11) is -4.07. The molecule has 0 amide bonds. The number of hydrogen-bond acceptors (Lipinski definition) is 3. The molecule has 2 rings (SSSR count). The molecule has 0 fully saturated rings. The van der Waals surface area contributed by atoms with Crippen molar-refractivity contribution >= 4 is 38.6 Å². The number of hydrogen-bond donors (Lipinski definition) is 1. The first kappa shape index (κ1) is 17.1. The molecule has 8 heteroatoms. The summed E-state index contributed by atoms with van der Waals surface area (Å²) in [5.41, 5.74) is 0.0461. The van der Waals surface area contributed by atoms with Crippen LogP contribution < -0.4 is 4.72 Å². The molecule has 0 aliphatic carbocycles. The molecule has 0 atom stereocenters. The number of nitrogens with one attached hydrogen (secondary N) is 1. The lowest BCUT2D eigenvalue weighted by molar-refractivity contribution is -0.107. The van der Waals surface area contributed by atoms with Crippen LogP contribution in [0.15, 0.2) is 53.4 Å². The molecule has 23 heavy (non-hydrogen) atoms. The van der Waals surface area contributed by atoms with E-state index in [9.17, 15) is 22.0 Å². The van der Waals surface area contributed by atoms with Crippen LogP contribution in [0.25, 0.3) is 6.08 Å². The van der Waals surface area contributed by atoms with Crippen LogP contribution in [0.4, 0.5) is 14.5 Å². The summed E-state index contributed by atoms with van der Waals surface area (Å²) >= 11 is 5.17. The second-order valence-corrected chi connectivity index (χ2v) is 6.49. The van der Waals surface area contributed by atoms with Gasteiger partial charge in [0.15, 0.2) is 0 Å². The van der Waals surface area contributed by atoms with Gasteiger partial charge >= 0.3 is 0 Å². The van der Waals surface area contributed by atoms with Crippen LogP contribution >= 0.6 is 11.6 Å². The molecule has 2 aromatic rings. The van der Waals surface area contributed by atoms with Crippen LogP contribution in [0.3, 0.4) is 0 Å². The quantitative estimate of drug-likeness (QED) is 0.657. The Morgan fingerprint density at radius 3 is 2.52 bits per heavy atom. The summed E-state index contributed by atoms with van der Waals surface area (Å²) in [6.45, 7) is 0. The fourth-order valence-electron chi connectivity index (χ4n) is 1.72. The van der Waals surface area contributed by atoms with E-state index in [-0.39, 0.29) is 10.6 Å². The second-order valence-electron chi connectivity index (χ2n) is 4.44. The van der Waals surface area contributed by atoms with Gasteiger partial charge in [0, 0.05) is 6.07 Å². The highest BCUT2D eigenvalue weighted by Crippen LogP contribution is 2.21. The minimum absolute atomic E-state index is 0.148. The predicted octanol–water partition coefficient (Wildman–Crippen LogP) is 3.54. The first-order chi connectivity index (χ1) is 10.8. The number of carbonyl (C=O) groups excluding carboxylic acids is 1. The van der Waals surface area contributed by atoms with Crippen LogP contribution in [-0.2, 0) is 14.8 Å². The molecular formula is C15H10ClF2NO3S.